The minimum Gasteiger partial charge on any atom is -0.353 e. The van der Waals surface area contributed by atoms with Crippen LogP contribution in [-0.4, -0.2) is 46.7 Å². The Kier molecular flexibility index (Phi) is 10.7. The molecule has 3 rings (SSSR count). The first-order chi connectivity index (χ1) is 17.7. The third kappa shape index (κ3) is 9.63. The number of nitrogens with zero attached hydrogens (tertiary/aromatic N) is 2. The summed E-state index contributed by atoms with van der Waals surface area (Å²) in [6.45, 7) is 6.29. The van der Waals surface area contributed by atoms with Crippen LogP contribution in [0.3, 0.4) is 0 Å². The van der Waals surface area contributed by atoms with Crippen LogP contribution >= 0.6 is 22.9 Å². The smallest absolute Gasteiger partial charge is 0.254 e. The zero-order valence-electron chi connectivity index (χ0n) is 21.4. The van der Waals surface area contributed by atoms with Gasteiger partial charge in [-0.15, -0.1) is 11.3 Å². The quantitative estimate of drug-likeness (QED) is 0.330. The summed E-state index contributed by atoms with van der Waals surface area (Å²) < 4.78 is 0. The van der Waals surface area contributed by atoms with Gasteiger partial charge in [-0.3, -0.25) is 14.4 Å². The van der Waals surface area contributed by atoms with Crippen LogP contribution < -0.4 is 10.6 Å². The molecule has 1 atom stereocenters. The predicted molar refractivity (Wildman–Crippen MR) is 149 cm³/mol. The summed E-state index contributed by atoms with van der Waals surface area (Å²) in [6.07, 6.45) is 1.87. The van der Waals surface area contributed by atoms with E-state index in [0.717, 1.165) is 12.8 Å². The van der Waals surface area contributed by atoms with Crippen LogP contribution in [-0.2, 0) is 22.4 Å². The highest BCUT2D eigenvalue weighted by molar-refractivity contribution is 7.13. The molecule has 3 aromatic rings. The lowest BCUT2D eigenvalue weighted by Crippen LogP contribution is -2.40. The van der Waals surface area contributed by atoms with Crippen LogP contribution in [0.25, 0.3) is 0 Å². The lowest BCUT2D eigenvalue weighted by atomic mass is 10.1. The molecule has 0 fully saturated rings. The van der Waals surface area contributed by atoms with Gasteiger partial charge in [-0.2, -0.15) is 0 Å². The van der Waals surface area contributed by atoms with E-state index in [1.807, 2.05) is 39.0 Å². The molecular formula is C28H33ClN4O3S. The second-order valence-corrected chi connectivity index (χ2v) is 10.7. The van der Waals surface area contributed by atoms with E-state index in [9.17, 15) is 14.4 Å². The molecule has 37 heavy (non-hydrogen) atoms. The van der Waals surface area contributed by atoms with Gasteiger partial charge in [-0.25, -0.2) is 4.98 Å². The van der Waals surface area contributed by atoms with Crippen molar-refractivity contribution in [3.63, 3.8) is 0 Å². The lowest BCUT2D eigenvalue weighted by molar-refractivity contribution is -0.121. The number of amides is 3. The number of thiazole rings is 1. The van der Waals surface area contributed by atoms with E-state index in [4.69, 9.17) is 11.6 Å². The molecule has 0 radical (unpaired) electrons. The van der Waals surface area contributed by atoms with Gasteiger partial charge in [-0.05, 0) is 55.5 Å². The standard InChI is InChI=1S/C28H33ClN4O3S/c1-19(2)16-33(27(36)22-11-13-23(29)14-12-22)17-26(35)32-28-31-24(18-37-28)15-25(34)30-20(3)9-10-21-7-5-4-6-8-21/h4-8,11-14,18-20H,9-10,15-17H2,1-3H3,(H,30,34)(H,31,32,35). The molecule has 2 aromatic carbocycles. The first kappa shape index (κ1) is 28.3. The molecule has 0 aliphatic carbocycles. The number of rotatable bonds is 12. The third-order valence-electron chi connectivity index (χ3n) is 5.55. The summed E-state index contributed by atoms with van der Waals surface area (Å²) in [7, 11) is 0. The summed E-state index contributed by atoms with van der Waals surface area (Å²) >= 11 is 7.18. The number of nitrogens with one attached hydrogen (secondary N) is 2. The molecule has 196 valence electrons. The second-order valence-electron chi connectivity index (χ2n) is 9.45. The lowest BCUT2D eigenvalue weighted by Gasteiger charge is -2.24. The fraction of sp³-hybridized carbons (Fsp3) is 0.357. The molecule has 3 amide bonds. The summed E-state index contributed by atoms with van der Waals surface area (Å²) in [5.74, 6) is -0.509. The number of halogens is 1. The SMILES string of the molecule is CC(C)CN(CC(=O)Nc1nc(CC(=O)NC(C)CCc2ccccc2)cs1)C(=O)c1ccc(Cl)cc1. The van der Waals surface area contributed by atoms with Crippen molar-refractivity contribution >= 4 is 45.8 Å². The van der Waals surface area contributed by atoms with Crippen molar-refractivity contribution in [3.8, 4) is 0 Å². The minimum absolute atomic E-state index is 0.0376. The van der Waals surface area contributed by atoms with Crippen molar-refractivity contribution in [2.45, 2.75) is 46.1 Å². The number of carbonyl (C=O) groups is 3. The molecule has 0 spiro atoms. The van der Waals surface area contributed by atoms with Crippen LogP contribution in [0.15, 0.2) is 60.0 Å². The Labute approximate surface area is 227 Å². The largest absolute Gasteiger partial charge is 0.353 e. The number of aromatic nitrogens is 1. The highest BCUT2D eigenvalue weighted by atomic mass is 35.5. The van der Waals surface area contributed by atoms with E-state index in [-0.39, 0.29) is 42.6 Å². The zero-order valence-corrected chi connectivity index (χ0v) is 22.9. The molecule has 2 N–H and O–H groups in total. The molecule has 1 heterocycles. The van der Waals surface area contributed by atoms with E-state index in [1.54, 1.807) is 29.6 Å². The van der Waals surface area contributed by atoms with Gasteiger partial charge in [0.25, 0.3) is 5.91 Å². The maximum Gasteiger partial charge on any atom is 0.254 e. The molecule has 0 aliphatic heterocycles. The maximum absolute atomic E-state index is 13.0. The fourth-order valence-corrected chi connectivity index (χ4v) is 4.66. The predicted octanol–water partition coefficient (Wildman–Crippen LogP) is 5.21. The zero-order chi connectivity index (χ0) is 26.8. The molecule has 0 saturated heterocycles. The molecule has 1 unspecified atom stereocenters. The van der Waals surface area contributed by atoms with Crippen molar-refractivity contribution < 1.29 is 14.4 Å². The Morgan fingerprint density at radius 3 is 2.38 bits per heavy atom. The van der Waals surface area contributed by atoms with Gasteiger partial charge in [-0.1, -0.05) is 55.8 Å². The molecule has 9 heteroatoms. The van der Waals surface area contributed by atoms with Gasteiger partial charge < -0.3 is 15.5 Å². The van der Waals surface area contributed by atoms with Gasteiger partial charge in [0.15, 0.2) is 5.13 Å². The number of aryl methyl sites for hydroxylation is 1. The Balaban J connectivity index is 1.49. The number of anilines is 1. The van der Waals surface area contributed by atoms with Crippen molar-refractivity contribution in [2.24, 2.45) is 5.92 Å². The van der Waals surface area contributed by atoms with E-state index >= 15 is 0 Å². The summed E-state index contributed by atoms with van der Waals surface area (Å²) in [4.78, 5) is 44.0. The van der Waals surface area contributed by atoms with Crippen LogP contribution in [0.4, 0.5) is 5.13 Å². The Bertz CT molecular complexity index is 1180. The summed E-state index contributed by atoms with van der Waals surface area (Å²) in [5, 5.41) is 8.46. The Morgan fingerprint density at radius 2 is 1.70 bits per heavy atom. The molecule has 0 aliphatic rings. The van der Waals surface area contributed by atoms with E-state index < -0.39 is 0 Å². The van der Waals surface area contributed by atoms with Crippen LogP contribution in [0.1, 0.15) is 48.8 Å². The number of hydrogen-bond donors (Lipinski definition) is 2. The average molecular weight is 541 g/mol. The normalized spacial score (nSPS) is 11.7. The summed E-state index contributed by atoms with van der Waals surface area (Å²) in [6, 6.07) is 16.8. The van der Waals surface area contributed by atoms with Crippen LogP contribution in [0.5, 0.6) is 0 Å². The van der Waals surface area contributed by atoms with Gasteiger partial charge in [0.05, 0.1) is 12.1 Å². The second kappa shape index (κ2) is 13.9. The Morgan fingerprint density at radius 1 is 1.00 bits per heavy atom. The van der Waals surface area contributed by atoms with Crippen molar-refractivity contribution in [3.05, 3.63) is 81.8 Å². The topological polar surface area (TPSA) is 91.4 Å². The van der Waals surface area contributed by atoms with Crippen molar-refractivity contribution in [1.29, 1.82) is 0 Å². The number of benzene rings is 2. The third-order valence-corrected chi connectivity index (χ3v) is 6.61. The molecule has 0 bridgehead atoms. The highest BCUT2D eigenvalue weighted by Gasteiger charge is 2.21. The molecule has 7 nitrogen and oxygen atoms in total. The monoisotopic (exact) mass is 540 g/mol. The van der Waals surface area contributed by atoms with Crippen LogP contribution in [0, 0.1) is 5.92 Å². The Hall–Kier alpha value is -3.23. The number of hydrogen-bond acceptors (Lipinski definition) is 5. The fourth-order valence-electron chi connectivity index (χ4n) is 3.80. The van der Waals surface area contributed by atoms with E-state index in [1.165, 1.54) is 21.8 Å². The van der Waals surface area contributed by atoms with E-state index in [2.05, 4.69) is 27.8 Å². The highest BCUT2D eigenvalue weighted by Crippen LogP contribution is 2.17. The van der Waals surface area contributed by atoms with Crippen molar-refractivity contribution in [1.82, 2.24) is 15.2 Å². The van der Waals surface area contributed by atoms with E-state index in [0.29, 0.717) is 28.0 Å². The molecule has 0 saturated carbocycles. The molecular weight excluding hydrogens is 508 g/mol. The maximum atomic E-state index is 13.0. The molecule has 1 aromatic heterocycles. The number of carbonyl (C=O) groups excluding carboxylic acids is 3. The average Bonchev–Trinajstić information content (AvgIpc) is 3.28. The summed E-state index contributed by atoms with van der Waals surface area (Å²) in [5.41, 5.74) is 2.30. The first-order valence-corrected chi connectivity index (χ1v) is 13.6. The van der Waals surface area contributed by atoms with Gasteiger partial charge in [0, 0.05) is 28.6 Å². The van der Waals surface area contributed by atoms with Gasteiger partial charge >= 0.3 is 0 Å². The van der Waals surface area contributed by atoms with Gasteiger partial charge in [0.2, 0.25) is 11.8 Å². The first-order valence-electron chi connectivity index (χ1n) is 12.3. The van der Waals surface area contributed by atoms with Crippen LogP contribution in [0.2, 0.25) is 5.02 Å². The minimum atomic E-state index is -0.345. The van der Waals surface area contributed by atoms with Gasteiger partial charge in [0.1, 0.15) is 6.54 Å². The van der Waals surface area contributed by atoms with Crippen molar-refractivity contribution in [2.75, 3.05) is 18.4 Å².